The first-order valence-corrected chi connectivity index (χ1v) is 9.31. The van der Waals surface area contributed by atoms with Gasteiger partial charge >= 0.3 is 0 Å². The molecular weight excluding hydrogens is 314 g/mol. The highest BCUT2D eigenvalue weighted by molar-refractivity contribution is 7.89. The molecule has 1 aliphatic heterocycles. The van der Waals surface area contributed by atoms with E-state index in [-0.39, 0.29) is 16.7 Å². The molecule has 2 rings (SSSR count). The minimum atomic E-state index is -3.60. The molecule has 6 nitrogen and oxygen atoms in total. The third-order valence-electron chi connectivity index (χ3n) is 4.28. The molecule has 1 saturated heterocycles. The third kappa shape index (κ3) is 4.84. The van der Waals surface area contributed by atoms with Gasteiger partial charge in [0.2, 0.25) is 10.0 Å². The molecule has 23 heavy (non-hydrogen) atoms. The Morgan fingerprint density at radius 3 is 2.52 bits per heavy atom. The molecule has 1 atom stereocenters. The number of ketones is 1. The number of sulfonamides is 1. The van der Waals surface area contributed by atoms with Crippen LogP contribution in [0.25, 0.3) is 0 Å². The lowest BCUT2D eigenvalue weighted by molar-refractivity contribution is 0.101. The number of nitrogens with one attached hydrogen (secondary N) is 1. The Balaban J connectivity index is 1.98. The maximum atomic E-state index is 12.4. The second-order valence-electron chi connectivity index (χ2n) is 6.12. The van der Waals surface area contributed by atoms with Gasteiger partial charge in [-0.2, -0.15) is 0 Å². The predicted molar refractivity (Wildman–Crippen MR) is 90.2 cm³/mol. The smallest absolute Gasteiger partial charge is 0.240 e. The molecule has 0 amide bonds. The van der Waals surface area contributed by atoms with Gasteiger partial charge in [-0.15, -0.1) is 0 Å². The van der Waals surface area contributed by atoms with Gasteiger partial charge in [-0.1, -0.05) is 12.1 Å². The van der Waals surface area contributed by atoms with Crippen LogP contribution < -0.4 is 4.72 Å². The van der Waals surface area contributed by atoms with Crippen LogP contribution in [0, 0.1) is 0 Å². The zero-order valence-corrected chi connectivity index (χ0v) is 14.8. The maximum Gasteiger partial charge on any atom is 0.240 e. The van der Waals surface area contributed by atoms with Gasteiger partial charge in [0.05, 0.1) is 4.90 Å². The van der Waals surface area contributed by atoms with Gasteiger partial charge in [-0.3, -0.25) is 9.69 Å². The summed E-state index contributed by atoms with van der Waals surface area (Å²) in [5.74, 6) is -0.146. The largest absolute Gasteiger partial charge is 0.304 e. The summed E-state index contributed by atoms with van der Waals surface area (Å²) in [6.07, 6.45) is 0. The van der Waals surface area contributed by atoms with Gasteiger partial charge in [-0.05, 0) is 33.0 Å². The average Bonchev–Trinajstić information content (AvgIpc) is 2.53. The van der Waals surface area contributed by atoms with E-state index in [2.05, 4.69) is 21.6 Å². The number of likely N-dealkylation sites (N-methyl/N-ethyl adjacent to an activating group) is 1. The van der Waals surface area contributed by atoms with Gasteiger partial charge in [-0.25, -0.2) is 13.1 Å². The lowest BCUT2D eigenvalue weighted by atomic mass is 10.2. The quantitative estimate of drug-likeness (QED) is 0.777. The normalized spacial score (nSPS) is 18.7. The summed E-state index contributed by atoms with van der Waals surface area (Å²) in [7, 11) is -1.51. The van der Waals surface area contributed by atoms with E-state index in [4.69, 9.17) is 0 Å². The molecule has 7 heteroatoms. The zero-order valence-electron chi connectivity index (χ0n) is 13.9. The molecule has 0 bridgehead atoms. The Kier molecular flexibility index (Phi) is 5.91. The van der Waals surface area contributed by atoms with Crippen LogP contribution in [-0.4, -0.2) is 69.8 Å². The zero-order chi connectivity index (χ0) is 17.0. The molecule has 1 aromatic rings. The highest BCUT2D eigenvalue weighted by Crippen LogP contribution is 2.12. The van der Waals surface area contributed by atoms with Crippen LogP contribution in [0.3, 0.4) is 0 Å². The van der Waals surface area contributed by atoms with Crippen molar-refractivity contribution in [2.24, 2.45) is 0 Å². The number of Topliss-reactive ketones (excluding diaryl/α,β-unsaturated/α-hetero) is 1. The van der Waals surface area contributed by atoms with Crippen molar-refractivity contribution in [2.45, 2.75) is 24.8 Å². The molecule has 1 aromatic carbocycles. The summed E-state index contributed by atoms with van der Waals surface area (Å²) < 4.78 is 27.4. The van der Waals surface area contributed by atoms with Gasteiger partial charge < -0.3 is 4.90 Å². The number of hydrogen-bond donors (Lipinski definition) is 1. The predicted octanol–water partition coefficient (Wildman–Crippen LogP) is 0.803. The van der Waals surface area contributed by atoms with Crippen molar-refractivity contribution in [3.05, 3.63) is 29.8 Å². The Morgan fingerprint density at radius 1 is 1.26 bits per heavy atom. The minimum Gasteiger partial charge on any atom is -0.304 e. The lowest BCUT2D eigenvalue weighted by Gasteiger charge is -2.36. The topological polar surface area (TPSA) is 69.7 Å². The van der Waals surface area contributed by atoms with Gasteiger partial charge in [0, 0.05) is 44.3 Å². The third-order valence-corrected chi connectivity index (χ3v) is 5.70. The minimum absolute atomic E-state index is 0.134. The molecule has 1 fully saturated rings. The van der Waals surface area contributed by atoms with Crippen LogP contribution in [0.4, 0.5) is 0 Å². The average molecular weight is 339 g/mol. The fraction of sp³-hybridized carbons (Fsp3) is 0.562. The number of piperazine rings is 1. The van der Waals surface area contributed by atoms with Crippen molar-refractivity contribution in [2.75, 3.05) is 39.8 Å². The SMILES string of the molecule is CC(=O)c1cccc(S(=O)(=O)NC[C@H](C)N2CCN(C)CC2)c1. The fourth-order valence-electron chi connectivity index (χ4n) is 2.59. The molecule has 0 spiro atoms. The van der Waals surface area contributed by atoms with Crippen LogP contribution in [0.15, 0.2) is 29.2 Å². The molecule has 1 N–H and O–H groups in total. The van der Waals surface area contributed by atoms with E-state index < -0.39 is 10.0 Å². The van der Waals surface area contributed by atoms with E-state index in [9.17, 15) is 13.2 Å². The van der Waals surface area contributed by atoms with Crippen molar-refractivity contribution in [1.29, 1.82) is 0 Å². The first-order chi connectivity index (χ1) is 10.8. The monoisotopic (exact) mass is 339 g/mol. The van der Waals surface area contributed by atoms with Crippen molar-refractivity contribution < 1.29 is 13.2 Å². The number of benzene rings is 1. The van der Waals surface area contributed by atoms with E-state index in [1.807, 2.05) is 6.92 Å². The van der Waals surface area contributed by atoms with E-state index in [0.29, 0.717) is 12.1 Å². The standard InChI is InChI=1S/C16H25N3O3S/c1-13(19-9-7-18(3)8-10-19)12-17-23(21,22)16-6-4-5-15(11-16)14(2)20/h4-6,11,13,17H,7-10,12H2,1-3H3/t13-/m0/s1. The first-order valence-electron chi connectivity index (χ1n) is 7.83. The molecule has 0 aromatic heterocycles. The number of rotatable bonds is 6. The number of hydrogen-bond acceptors (Lipinski definition) is 5. The fourth-order valence-corrected chi connectivity index (χ4v) is 3.75. The second-order valence-corrected chi connectivity index (χ2v) is 7.89. The van der Waals surface area contributed by atoms with Crippen molar-refractivity contribution >= 4 is 15.8 Å². The van der Waals surface area contributed by atoms with Gasteiger partial charge in [0.25, 0.3) is 0 Å². The van der Waals surface area contributed by atoms with Crippen LogP contribution in [0.2, 0.25) is 0 Å². The molecule has 128 valence electrons. The molecule has 1 aliphatic rings. The Hall–Kier alpha value is -1.28. The van der Waals surface area contributed by atoms with Crippen LogP contribution in [-0.2, 0) is 10.0 Å². The molecule has 1 heterocycles. The van der Waals surface area contributed by atoms with Crippen LogP contribution >= 0.6 is 0 Å². The highest BCUT2D eigenvalue weighted by Gasteiger charge is 2.22. The number of carbonyl (C=O) groups is 1. The van der Waals surface area contributed by atoms with Crippen LogP contribution in [0.5, 0.6) is 0 Å². The van der Waals surface area contributed by atoms with E-state index >= 15 is 0 Å². The van der Waals surface area contributed by atoms with Crippen molar-refractivity contribution in [3.8, 4) is 0 Å². The summed E-state index contributed by atoms with van der Waals surface area (Å²) in [6, 6.07) is 6.28. The van der Waals surface area contributed by atoms with Crippen LogP contribution in [0.1, 0.15) is 24.2 Å². The van der Waals surface area contributed by atoms with Gasteiger partial charge in [0.1, 0.15) is 0 Å². The summed E-state index contributed by atoms with van der Waals surface area (Å²) in [6.45, 7) is 7.69. The highest BCUT2D eigenvalue weighted by atomic mass is 32.2. The second kappa shape index (κ2) is 7.53. The number of carbonyl (C=O) groups excluding carboxylic acids is 1. The van der Waals surface area contributed by atoms with E-state index in [0.717, 1.165) is 26.2 Å². The Bertz CT molecular complexity index is 652. The van der Waals surface area contributed by atoms with Gasteiger partial charge in [0.15, 0.2) is 5.78 Å². The number of nitrogens with zero attached hydrogens (tertiary/aromatic N) is 2. The summed E-state index contributed by atoms with van der Waals surface area (Å²) in [5.41, 5.74) is 0.403. The van der Waals surface area contributed by atoms with Crippen molar-refractivity contribution in [1.82, 2.24) is 14.5 Å². The Morgan fingerprint density at radius 2 is 1.91 bits per heavy atom. The summed E-state index contributed by atoms with van der Waals surface area (Å²) in [5, 5.41) is 0. The molecule has 0 unspecified atom stereocenters. The summed E-state index contributed by atoms with van der Waals surface area (Å²) >= 11 is 0. The molecule has 0 radical (unpaired) electrons. The van der Waals surface area contributed by atoms with Crippen molar-refractivity contribution in [3.63, 3.8) is 0 Å². The Labute approximate surface area is 138 Å². The van der Waals surface area contributed by atoms with E-state index in [1.165, 1.54) is 19.1 Å². The van der Waals surface area contributed by atoms with E-state index in [1.54, 1.807) is 12.1 Å². The maximum absolute atomic E-state index is 12.4. The summed E-state index contributed by atoms with van der Waals surface area (Å²) in [4.78, 5) is 16.1. The first kappa shape index (κ1) is 18.1. The molecule has 0 saturated carbocycles. The molecular formula is C16H25N3O3S. The lowest BCUT2D eigenvalue weighted by Crippen LogP contribution is -2.51. The molecule has 0 aliphatic carbocycles.